The van der Waals surface area contributed by atoms with Gasteiger partial charge in [-0.2, -0.15) is 0 Å². The minimum atomic E-state index is -0.436. The zero-order valence-corrected chi connectivity index (χ0v) is 9.57. The molecular weight excluding hydrogens is 206 g/mol. The highest BCUT2D eigenvalue weighted by Gasteiger charge is 2.54. The molecule has 2 heterocycles. The van der Waals surface area contributed by atoms with E-state index in [2.05, 4.69) is 10.8 Å². The number of rotatable bonds is 3. The Labute approximate surface area is 95.9 Å². The fourth-order valence-electron chi connectivity index (χ4n) is 2.90. The highest BCUT2D eigenvalue weighted by atomic mass is 16.5. The van der Waals surface area contributed by atoms with Crippen LogP contribution in [0, 0.1) is 12.3 Å². The van der Waals surface area contributed by atoms with E-state index in [1.165, 1.54) is 7.11 Å². The molecular formula is C12H17NO3. The average molecular weight is 223 g/mol. The van der Waals surface area contributed by atoms with E-state index in [0.717, 1.165) is 25.9 Å². The Morgan fingerprint density at radius 1 is 1.69 bits per heavy atom. The first-order valence-electron chi connectivity index (χ1n) is 5.61. The van der Waals surface area contributed by atoms with Gasteiger partial charge in [-0.3, -0.25) is 9.69 Å². The molecule has 0 unspecified atom stereocenters. The van der Waals surface area contributed by atoms with Gasteiger partial charge in [0.1, 0.15) is 12.1 Å². The molecule has 88 valence electrons. The Hall–Kier alpha value is -1.05. The van der Waals surface area contributed by atoms with Crippen LogP contribution in [0.25, 0.3) is 0 Å². The van der Waals surface area contributed by atoms with E-state index in [9.17, 15) is 4.79 Å². The lowest BCUT2D eigenvalue weighted by Crippen LogP contribution is -2.46. The summed E-state index contributed by atoms with van der Waals surface area (Å²) in [6.07, 6.45) is 7.86. The van der Waals surface area contributed by atoms with Crippen molar-refractivity contribution in [3.8, 4) is 12.3 Å². The Kier molecular flexibility index (Phi) is 3.17. The summed E-state index contributed by atoms with van der Waals surface area (Å²) < 4.78 is 10.4. The number of hydrogen-bond acceptors (Lipinski definition) is 4. The summed E-state index contributed by atoms with van der Waals surface area (Å²) in [5.41, 5.74) is -0.436. The second-order valence-corrected chi connectivity index (χ2v) is 4.41. The van der Waals surface area contributed by atoms with Crippen molar-refractivity contribution in [1.82, 2.24) is 4.90 Å². The molecule has 0 aromatic carbocycles. The van der Waals surface area contributed by atoms with E-state index < -0.39 is 5.54 Å². The van der Waals surface area contributed by atoms with Crippen LogP contribution in [-0.4, -0.2) is 49.3 Å². The molecule has 4 heteroatoms. The Morgan fingerprint density at radius 2 is 2.50 bits per heavy atom. The molecule has 0 radical (unpaired) electrons. The van der Waals surface area contributed by atoms with Crippen molar-refractivity contribution in [2.45, 2.75) is 30.9 Å². The fraction of sp³-hybridized carbons (Fsp3) is 0.750. The lowest BCUT2D eigenvalue weighted by molar-refractivity contribution is -0.151. The molecule has 4 nitrogen and oxygen atoms in total. The van der Waals surface area contributed by atoms with Crippen molar-refractivity contribution >= 4 is 5.97 Å². The molecule has 0 bridgehead atoms. The van der Waals surface area contributed by atoms with E-state index in [1.807, 2.05) is 0 Å². The lowest BCUT2D eigenvalue weighted by atomic mass is 9.93. The molecule has 2 aliphatic heterocycles. The van der Waals surface area contributed by atoms with E-state index in [4.69, 9.17) is 15.9 Å². The zero-order chi connectivity index (χ0) is 11.6. The van der Waals surface area contributed by atoms with Gasteiger partial charge in [-0.1, -0.05) is 5.92 Å². The van der Waals surface area contributed by atoms with Crippen LogP contribution in [-0.2, 0) is 14.3 Å². The summed E-state index contributed by atoms with van der Waals surface area (Å²) in [4.78, 5) is 14.1. The second kappa shape index (κ2) is 4.44. The maximum atomic E-state index is 11.9. The maximum Gasteiger partial charge on any atom is 0.326 e. The third-order valence-electron chi connectivity index (χ3n) is 3.58. The monoisotopic (exact) mass is 223 g/mol. The third-order valence-corrected chi connectivity index (χ3v) is 3.58. The Balaban J connectivity index is 2.06. The molecule has 0 saturated carbocycles. The first-order valence-corrected chi connectivity index (χ1v) is 5.61. The van der Waals surface area contributed by atoms with Gasteiger partial charge in [0.25, 0.3) is 0 Å². The van der Waals surface area contributed by atoms with Gasteiger partial charge in [0.15, 0.2) is 0 Å². The van der Waals surface area contributed by atoms with Crippen LogP contribution < -0.4 is 0 Å². The number of terminal acetylenes is 1. The van der Waals surface area contributed by atoms with Crippen molar-refractivity contribution in [1.29, 1.82) is 0 Å². The number of carbonyl (C=O) groups excluding carboxylic acids is 1. The summed E-state index contributed by atoms with van der Waals surface area (Å²) in [7, 11) is 1.45. The molecule has 2 aliphatic rings. The minimum Gasteiger partial charge on any atom is -0.468 e. The van der Waals surface area contributed by atoms with Gasteiger partial charge in [-0.05, 0) is 19.4 Å². The minimum absolute atomic E-state index is 0.0652. The Bertz CT molecular complexity index is 323. The molecule has 0 aromatic heterocycles. The van der Waals surface area contributed by atoms with Crippen LogP contribution in [0.1, 0.15) is 19.3 Å². The predicted molar refractivity (Wildman–Crippen MR) is 58.7 cm³/mol. The quantitative estimate of drug-likeness (QED) is 0.513. The molecule has 0 aliphatic carbocycles. The summed E-state index contributed by atoms with van der Waals surface area (Å²) >= 11 is 0. The third kappa shape index (κ3) is 1.70. The van der Waals surface area contributed by atoms with Crippen LogP contribution in [0.2, 0.25) is 0 Å². The molecule has 2 saturated heterocycles. The first-order chi connectivity index (χ1) is 7.73. The van der Waals surface area contributed by atoms with Crippen LogP contribution in [0.5, 0.6) is 0 Å². The molecule has 0 amide bonds. The molecule has 0 aromatic rings. The summed E-state index contributed by atoms with van der Waals surface area (Å²) in [5, 5.41) is 0. The van der Waals surface area contributed by atoms with Gasteiger partial charge >= 0.3 is 5.97 Å². The highest BCUT2D eigenvalue weighted by Crippen LogP contribution is 2.40. The number of esters is 1. The largest absolute Gasteiger partial charge is 0.468 e. The zero-order valence-electron chi connectivity index (χ0n) is 9.57. The summed E-state index contributed by atoms with van der Waals surface area (Å²) in [6.45, 7) is 2.05. The van der Waals surface area contributed by atoms with Gasteiger partial charge in [-0.25, -0.2) is 0 Å². The topological polar surface area (TPSA) is 38.8 Å². The molecule has 0 N–H and O–H groups in total. The standard InChI is InChI=1S/C12H17NO3/c1-3-7-16-10-8-12(11(14)15-2)5-4-6-13(12)9-10/h1,10H,4-9H2,2H3/t10-,12-/m0/s1. The number of ether oxygens (including phenoxy) is 2. The molecule has 2 atom stereocenters. The smallest absolute Gasteiger partial charge is 0.326 e. The van der Waals surface area contributed by atoms with Gasteiger partial charge in [0.05, 0.1) is 13.2 Å². The van der Waals surface area contributed by atoms with Crippen molar-refractivity contribution < 1.29 is 14.3 Å². The van der Waals surface area contributed by atoms with E-state index in [1.54, 1.807) is 0 Å². The molecule has 0 spiro atoms. The van der Waals surface area contributed by atoms with Crippen LogP contribution in [0.15, 0.2) is 0 Å². The van der Waals surface area contributed by atoms with E-state index in [-0.39, 0.29) is 12.1 Å². The number of nitrogens with zero attached hydrogens (tertiary/aromatic N) is 1. The molecule has 16 heavy (non-hydrogen) atoms. The average Bonchev–Trinajstić information content (AvgIpc) is 2.82. The van der Waals surface area contributed by atoms with Crippen molar-refractivity contribution in [2.75, 3.05) is 26.8 Å². The maximum absolute atomic E-state index is 11.9. The number of hydrogen-bond donors (Lipinski definition) is 0. The van der Waals surface area contributed by atoms with Crippen LogP contribution >= 0.6 is 0 Å². The van der Waals surface area contributed by atoms with Gasteiger partial charge in [0, 0.05) is 13.0 Å². The van der Waals surface area contributed by atoms with Crippen molar-refractivity contribution in [2.24, 2.45) is 0 Å². The van der Waals surface area contributed by atoms with Crippen molar-refractivity contribution in [3.05, 3.63) is 0 Å². The number of fused-ring (bicyclic) bond motifs is 1. The molecule has 2 fully saturated rings. The van der Waals surface area contributed by atoms with Gasteiger partial charge in [-0.15, -0.1) is 6.42 Å². The first kappa shape index (κ1) is 11.4. The fourth-order valence-corrected chi connectivity index (χ4v) is 2.90. The summed E-state index contributed by atoms with van der Waals surface area (Å²) in [6, 6.07) is 0. The van der Waals surface area contributed by atoms with Crippen molar-refractivity contribution in [3.63, 3.8) is 0 Å². The molecule has 2 rings (SSSR count). The predicted octanol–water partition coefficient (Wildman–Crippen LogP) is 0.416. The van der Waals surface area contributed by atoms with E-state index in [0.29, 0.717) is 13.0 Å². The summed E-state index contributed by atoms with van der Waals surface area (Å²) in [5.74, 6) is 2.33. The SMILES string of the molecule is C#CCO[C@@H]1CN2CCC[C@@]2(C(=O)OC)C1. The number of carbonyl (C=O) groups is 1. The normalized spacial score (nSPS) is 33.4. The van der Waals surface area contributed by atoms with E-state index >= 15 is 0 Å². The van der Waals surface area contributed by atoms with Gasteiger partial charge < -0.3 is 9.47 Å². The lowest BCUT2D eigenvalue weighted by Gasteiger charge is -2.27. The van der Waals surface area contributed by atoms with Gasteiger partial charge in [0.2, 0.25) is 0 Å². The van der Waals surface area contributed by atoms with Crippen LogP contribution in [0.3, 0.4) is 0 Å². The second-order valence-electron chi connectivity index (χ2n) is 4.41. The number of methoxy groups -OCH3 is 1. The highest BCUT2D eigenvalue weighted by molar-refractivity contribution is 5.81. The van der Waals surface area contributed by atoms with Crippen LogP contribution in [0.4, 0.5) is 0 Å². The Morgan fingerprint density at radius 3 is 3.19 bits per heavy atom.